The van der Waals surface area contributed by atoms with Gasteiger partial charge in [0, 0.05) is 24.4 Å². The summed E-state index contributed by atoms with van der Waals surface area (Å²) >= 11 is 0. The third-order valence-corrected chi connectivity index (χ3v) is 6.42. The van der Waals surface area contributed by atoms with E-state index in [4.69, 9.17) is 4.74 Å². The second kappa shape index (κ2) is 8.27. The molecule has 0 aromatic rings. The monoisotopic (exact) mass is 386 g/mol. The van der Waals surface area contributed by atoms with E-state index in [-0.39, 0.29) is 31.3 Å². The minimum absolute atomic E-state index is 0.0133. The molecule has 0 aromatic heterocycles. The molecule has 156 valence electrons. The average Bonchev–Trinajstić information content (AvgIpc) is 2.58. The van der Waals surface area contributed by atoms with E-state index in [2.05, 4.69) is 0 Å². The number of ketones is 1. The van der Waals surface area contributed by atoms with Gasteiger partial charge in [0.05, 0.1) is 23.9 Å². The number of hydrogen-bond donors (Lipinski definition) is 5. The molecule has 2 rings (SSSR count). The Morgan fingerprint density at radius 2 is 1.85 bits per heavy atom. The van der Waals surface area contributed by atoms with Gasteiger partial charge < -0.3 is 30.3 Å². The summed E-state index contributed by atoms with van der Waals surface area (Å²) in [6.45, 7) is 7.04. The number of carbonyl (C=O) groups excluding carboxylic acids is 1. The molecule has 2 aliphatic carbocycles. The summed E-state index contributed by atoms with van der Waals surface area (Å²) in [6.07, 6.45) is -1.91. The number of allylic oxidation sites excluding steroid dienone is 1. The van der Waals surface area contributed by atoms with Crippen molar-refractivity contribution in [2.24, 2.45) is 11.3 Å². The van der Waals surface area contributed by atoms with Gasteiger partial charge in [-0.3, -0.25) is 4.79 Å². The fourth-order valence-corrected chi connectivity index (χ4v) is 4.44. The normalized spacial score (nSPS) is 40.6. The zero-order valence-electron chi connectivity index (χ0n) is 16.6. The van der Waals surface area contributed by atoms with E-state index in [0.29, 0.717) is 18.4 Å². The number of aliphatic hydroxyl groups excluding tert-OH is 4. The lowest BCUT2D eigenvalue weighted by Gasteiger charge is -2.46. The van der Waals surface area contributed by atoms with Gasteiger partial charge in [-0.05, 0) is 44.8 Å². The van der Waals surface area contributed by atoms with Crippen molar-refractivity contribution in [2.45, 2.75) is 89.5 Å². The molecule has 0 spiro atoms. The van der Waals surface area contributed by atoms with Gasteiger partial charge >= 0.3 is 0 Å². The van der Waals surface area contributed by atoms with Crippen molar-refractivity contribution in [3.8, 4) is 0 Å². The lowest BCUT2D eigenvalue weighted by atomic mass is 9.63. The molecule has 0 heterocycles. The van der Waals surface area contributed by atoms with Gasteiger partial charge in [0.1, 0.15) is 12.2 Å². The molecular formula is C20H34O7. The molecule has 0 bridgehead atoms. The van der Waals surface area contributed by atoms with Crippen molar-refractivity contribution in [2.75, 3.05) is 6.61 Å². The topological polar surface area (TPSA) is 127 Å². The number of ether oxygens (including phenoxy) is 1. The number of carbonyl (C=O) groups is 1. The van der Waals surface area contributed by atoms with Crippen LogP contribution in [0.5, 0.6) is 0 Å². The Morgan fingerprint density at radius 3 is 2.41 bits per heavy atom. The maximum Gasteiger partial charge on any atom is 0.156 e. The molecule has 0 radical (unpaired) electrons. The zero-order valence-corrected chi connectivity index (χ0v) is 16.6. The van der Waals surface area contributed by atoms with Crippen molar-refractivity contribution in [3.63, 3.8) is 0 Å². The van der Waals surface area contributed by atoms with Crippen LogP contribution >= 0.6 is 0 Å². The number of hydrogen-bond acceptors (Lipinski definition) is 7. The first kappa shape index (κ1) is 22.5. The maximum absolute atomic E-state index is 11.8. The highest BCUT2D eigenvalue weighted by molar-refractivity contribution is 5.92. The second-order valence-electron chi connectivity index (χ2n) is 8.89. The summed E-state index contributed by atoms with van der Waals surface area (Å²) in [4.78, 5) is 11.8. The van der Waals surface area contributed by atoms with Gasteiger partial charge in [0.25, 0.3) is 0 Å². The first-order valence-corrected chi connectivity index (χ1v) is 9.67. The van der Waals surface area contributed by atoms with Crippen molar-refractivity contribution in [1.82, 2.24) is 0 Å². The summed E-state index contributed by atoms with van der Waals surface area (Å²) < 4.78 is 5.89. The molecule has 7 heteroatoms. The third kappa shape index (κ3) is 4.44. The van der Waals surface area contributed by atoms with Crippen LogP contribution < -0.4 is 0 Å². The van der Waals surface area contributed by atoms with Crippen molar-refractivity contribution in [3.05, 3.63) is 11.6 Å². The minimum atomic E-state index is -1.37. The highest BCUT2D eigenvalue weighted by atomic mass is 16.5. The predicted molar refractivity (Wildman–Crippen MR) is 98.9 cm³/mol. The van der Waals surface area contributed by atoms with Crippen LogP contribution in [0.4, 0.5) is 0 Å². The molecule has 27 heavy (non-hydrogen) atoms. The van der Waals surface area contributed by atoms with E-state index in [1.807, 2.05) is 20.8 Å². The maximum atomic E-state index is 11.8. The van der Waals surface area contributed by atoms with Crippen LogP contribution in [-0.2, 0) is 9.53 Å². The van der Waals surface area contributed by atoms with Crippen molar-refractivity contribution < 1.29 is 35.1 Å². The Kier molecular flexibility index (Phi) is 6.88. The summed E-state index contributed by atoms with van der Waals surface area (Å²) in [5.41, 5.74) is -1.06. The molecule has 7 atom stereocenters. The van der Waals surface area contributed by atoms with E-state index in [9.17, 15) is 30.3 Å². The average molecular weight is 386 g/mol. The molecule has 5 N–H and O–H groups in total. The summed E-state index contributed by atoms with van der Waals surface area (Å²) in [5.74, 6) is -0.544. The first-order chi connectivity index (χ1) is 12.4. The van der Waals surface area contributed by atoms with Gasteiger partial charge in [-0.2, -0.15) is 0 Å². The molecule has 7 unspecified atom stereocenters. The van der Waals surface area contributed by atoms with Crippen molar-refractivity contribution in [1.29, 1.82) is 0 Å². The number of aliphatic hydroxyl groups is 5. The molecule has 0 aromatic carbocycles. The van der Waals surface area contributed by atoms with Gasteiger partial charge in [-0.25, -0.2) is 0 Å². The van der Waals surface area contributed by atoms with Crippen LogP contribution in [0, 0.1) is 11.3 Å². The van der Waals surface area contributed by atoms with E-state index in [0.717, 1.165) is 0 Å². The fourth-order valence-electron chi connectivity index (χ4n) is 4.44. The molecule has 0 saturated heterocycles. The third-order valence-electron chi connectivity index (χ3n) is 6.42. The van der Waals surface area contributed by atoms with Crippen LogP contribution in [0.2, 0.25) is 0 Å². The Morgan fingerprint density at radius 1 is 1.22 bits per heavy atom. The van der Waals surface area contributed by atoms with E-state index in [1.165, 1.54) is 6.08 Å². The Labute approximate surface area is 160 Å². The Hall–Kier alpha value is -0.830. The van der Waals surface area contributed by atoms with E-state index >= 15 is 0 Å². The smallest absolute Gasteiger partial charge is 0.156 e. The zero-order chi connectivity index (χ0) is 20.6. The first-order valence-electron chi connectivity index (χ1n) is 9.67. The van der Waals surface area contributed by atoms with Crippen LogP contribution in [0.15, 0.2) is 11.6 Å². The highest BCUT2D eigenvalue weighted by Crippen LogP contribution is 2.46. The van der Waals surface area contributed by atoms with Gasteiger partial charge in [0.2, 0.25) is 0 Å². The molecular weight excluding hydrogens is 352 g/mol. The standard InChI is InChI=1S/C20H34O7/c1-11-7-14(22)9-19(3,4)20(11,26)6-5-12(2)27-15-8-13(10-21)16(23)18(25)17(15)24/h7,12-13,15-18,21,23-26H,5-6,8-10H2,1-4H3. The summed E-state index contributed by atoms with van der Waals surface area (Å²) in [5, 5.41) is 50.6. The quantitative estimate of drug-likeness (QED) is 0.445. The van der Waals surface area contributed by atoms with Gasteiger partial charge in [-0.15, -0.1) is 0 Å². The van der Waals surface area contributed by atoms with E-state index in [1.54, 1.807) is 6.92 Å². The fraction of sp³-hybridized carbons (Fsp3) is 0.850. The lowest BCUT2D eigenvalue weighted by Crippen LogP contribution is -2.55. The lowest BCUT2D eigenvalue weighted by molar-refractivity contribution is -0.190. The Bertz CT molecular complexity index is 571. The molecule has 0 amide bonds. The second-order valence-corrected chi connectivity index (χ2v) is 8.89. The molecule has 0 aliphatic heterocycles. The molecule has 1 fully saturated rings. The molecule has 1 saturated carbocycles. The minimum Gasteiger partial charge on any atom is -0.396 e. The van der Waals surface area contributed by atoms with Crippen LogP contribution in [-0.4, -0.2) is 74.0 Å². The van der Waals surface area contributed by atoms with E-state index < -0.39 is 41.3 Å². The highest BCUT2D eigenvalue weighted by Gasteiger charge is 2.48. The van der Waals surface area contributed by atoms with Crippen LogP contribution in [0.25, 0.3) is 0 Å². The van der Waals surface area contributed by atoms with Crippen molar-refractivity contribution >= 4 is 5.78 Å². The number of rotatable bonds is 6. The molecule has 2 aliphatic rings. The van der Waals surface area contributed by atoms with Gasteiger partial charge in [-0.1, -0.05) is 13.8 Å². The molecule has 7 nitrogen and oxygen atoms in total. The Balaban J connectivity index is 2.00. The largest absolute Gasteiger partial charge is 0.396 e. The van der Waals surface area contributed by atoms with Crippen LogP contribution in [0.1, 0.15) is 53.4 Å². The predicted octanol–water partition coefficient (Wildman–Crippen LogP) is 0.312. The summed E-state index contributed by atoms with van der Waals surface area (Å²) in [6, 6.07) is 0. The summed E-state index contributed by atoms with van der Waals surface area (Å²) in [7, 11) is 0. The van der Waals surface area contributed by atoms with Crippen LogP contribution in [0.3, 0.4) is 0 Å². The SMILES string of the molecule is CC1=CC(=O)CC(C)(C)C1(O)CCC(C)OC1CC(CO)C(O)C(O)C1O. The van der Waals surface area contributed by atoms with Gasteiger partial charge in [0.15, 0.2) is 5.78 Å².